The maximum absolute atomic E-state index is 12.4. The summed E-state index contributed by atoms with van der Waals surface area (Å²) in [6.07, 6.45) is 6.75. The van der Waals surface area contributed by atoms with Gasteiger partial charge in [-0.15, -0.1) is 11.8 Å². The molecule has 1 aliphatic heterocycles. The topological polar surface area (TPSA) is 75.2 Å². The van der Waals surface area contributed by atoms with Gasteiger partial charge in [0.2, 0.25) is 5.91 Å². The number of hydrogen-bond donors (Lipinski definition) is 3. The first-order chi connectivity index (χ1) is 11.2. The number of anilines is 1. The van der Waals surface area contributed by atoms with E-state index in [1.807, 2.05) is 6.92 Å². The van der Waals surface area contributed by atoms with Gasteiger partial charge in [0.25, 0.3) is 5.56 Å². The maximum atomic E-state index is 12.4. The molecule has 0 radical (unpaired) electrons. The van der Waals surface area contributed by atoms with Gasteiger partial charge in [0, 0.05) is 30.6 Å². The van der Waals surface area contributed by atoms with Gasteiger partial charge in [0.15, 0.2) is 0 Å². The van der Waals surface area contributed by atoms with Crippen molar-refractivity contribution in [3.05, 3.63) is 28.7 Å². The predicted molar refractivity (Wildman–Crippen MR) is 93.6 cm³/mol. The summed E-state index contributed by atoms with van der Waals surface area (Å²) in [6.45, 7) is 2.49. The highest BCUT2D eigenvalue weighted by Gasteiger charge is 2.31. The van der Waals surface area contributed by atoms with Gasteiger partial charge in [-0.1, -0.05) is 12.8 Å². The molecule has 1 saturated heterocycles. The Morgan fingerprint density at radius 2 is 2.17 bits per heavy atom. The van der Waals surface area contributed by atoms with Crippen LogP contribution in [0.15, 0.2) is 23.1 Å². The molecule has 23 heavy (non-hydrogen) atoms. The van der Waals surface area contributed by atoms with Crippen molar-refractivity contribution in [2.24, 2.45) is 0 Å². The maximum Gasteiger partial charge on any atom is 0.250 e. The van der Waals surface area contributed by atoms with Gasteiger partial charge < -0.3 is 9.88 Å². The standard InChI is InChI=1S/C16H24N4O2S/c1-2-20-9-12(7-8-14(20)21)17-15(22)13-10-23-16(19-13)18-11-5-3-4-6-11/h7-9,11,13,16,18-19H,2-6,10H2,1H3,(H,17,22). The highest BCUT2D eigenvalue weighted by atomic mass is 32.2. The van der Waals surface area contributed by atoms with Crippen molar-refractivity contribution < 1.29 is 4.79 Å². The van der Waals surface area contributed by atoms with E-state index in [0.29, 0.717) is 18.3 Å². The first kappa shape index (κ1) is 16.5. The van der Waals surface area contributed by atoms with Crippen LogP contribution in [-0.4, -0.2) is 33.8 Å². The lowest BCUT2D eigenvalue weighted by Gasteiger charge is -2.19. The molecule has 126 valence electrons. The predicted octanol–water partition coefficient (Wildman–Crippen LogP) is 1.33. The molecule has 1 amide bonds. The monoisotopic (exact) mass is 336 g/mol. The Morgan fingerprint density at radius 3 is 2.91 bits per heavy atom. The van der Waals surface area contributed by atoms with E-state index in [4.69, 9.17) is 0 Å². The van der Waals surface area contributed by atoms with E-state index in [2.05, 4.69) is 16.0 Å². The number of aryl methyl sites for hydroxylation is 1. The lowest BCUT2D eigenvalue weighted by molar-refractivity contribution is -0.117. The molecule has 2 heterocycles. The summed E-state index contributed by atoms with van der Waals surface area (Å²) >= 11 is 1.75. The quantitative estimate of drug-likeness (QED) is 0.756. The fraction of sp³-hybridized carbons (Fsp3) is 0.625. The molecule has 1 aromatic heterocycles. The van der Waals surface area contributed by atoms with E-state index in [9.17, 15) is 9.59 Å². The fourth-order valence-corrected chi connectivity index (χ4v) is 4.29. The van der Waals surface area contributed by atoms with E-state index in [-0.39, 0.29) is 23.0 Å². The summed E-state index contributed by atoms with van der Waals surface area (Å²) in [5.41, 5.74) is 0.759. The van der Waals surface area contributed by atoms with Crippen LogP contribution >= 0.6 is 11.8 Å². The summed E-state index contributed by atoms with van der Waals surface area (Å²) in [5.74, 6) is 0.707. The number of thioether (sulfide) groups is 1. The largest absolute Gasteiger partial charge is 0.323 e. The molecule has 1 aromatic rings. The van der Waals surface area contributed by atoms with Crippen molar-refractivity contribution in [2.75, 3.05) is 11.1 Å². The van der Waals surface area contributed by atoms with Crippen molar-refractivity contribution in [3.8, 4) is 0 Å². The van der Waals surface area contributed by atoms with E-state index >= 15 is 0 Å². The third-order valence-corrected chi connectivity index (χ3v) is 5.56. The Kier molecular flexibility index (Phi) is 5.40. The molecule has 2 fully saturated rings. The zero-order chi connectivity index (χ0) is 16.2. The van der Waals surface area contributed by atoms with Gasteiger partial charge in [-0.3, -0.25) is 20.2 Å². The van der Waals surface area contributed by atoms with Crippen LogP contribution in [0, 0.1) is 0 Å². The van der Waals surface area contributed by atoms with Crippen LogP contribution in [0.3, 0.4) is 0 Å². The number of nitrogens with one attached hydrogen (secondary N) is 3. The van der Waals surface area contributed by atoms with Crippen LogP contribution in [0.5, 0.6) is 0 Å². The van der Waals surface area contributed by atoms with Gasteiger partial charge >= 0.3 is 0 Å². The highest BCUT2D eigenvalue weighted by molar-refractivity contribution is 8.00. The van der Waals surface area contributed by atoms with Crippen LogP contribution in [0.4, 0.5) is 5.69 Å². The van der Waals surface area contributed by atoms with E-state index in [1.165, 1.54) is 31.7 Å². The van der Waals surface area contributed by atoms with Crippen molar-refractivity contribution >= 4 is 23.4 Å². The van der Waals surface area contributed by atoms with Crippen molar-refractivity contribution in [1.29, 1.82) is 0 Å². The number of rotatable bonds is 5. The Hall–Kier alpha value is -1.31. The minimum atomic E-state index is -0.207. The lowest BCUT2D eigenvalue weighted by atomic mass is 10.2. The van der Waals surface area contributed by atoms with Gasteiger partial charge in [-0.05, 0) is 25.8 Å². The second-order valence-electron chi connectivity index (χ2n) is 6.11. The van der Waals surface area contributed by atoms with Crippen molar-refractivity contribution in [2.45, 2.75) is 56.7 Å². The van der Waals surface area contributed by atoms with Gasteiger partial charge in [-0.25, -0.2) is 0 Å². The van der Waals surface area contributed by atoms with E-state index in [0.717, 1.165) is 5.75 Å². The average Bonchev–Trinajstić information content (AvgIpc) is 3.21. The third kappa shape index (κ3) is 4.16. The number of amides is 1. The molecule has 2 atom stereocenters. The molecule has 1 saturated carbocycles. The van der Waals surface area contributed by atoms with E-state index in [1.54, 1.807) is 28.6 Å². The first-order valence-corrected chi connectivity index (χ1v) is 9.35. The number of hydrogen-bond acceptors (Lipinski definition) is 5. The summed E-state index contributed by atoms with van der Waals surface area (Å²) < 4.78 is 1.58. The molecular weight excluding hydrogens is 312 g/mol. The Labute approximate surface area is 140 Å². The third-order valence-electron chi connectivity index (χ3n) is 4.43. The lowest BCUT2D eigenvalue weighted by Crippen LogP contribution is -2.47. The number of pyridine rings is 1. The summed E-state index contributed by atoms with van der Waals surface area (Å²) in [4.78, 5) is 24.0. The molecular formula is C16H24N4O2S. The highest BCUT2D eigenvalue weighted by Crippen LogP contribution is 2.23. The summed E-state index contributed by atoms with van der Waals surface area (Å²) in [5, 5.41) is 9.83. The summed E-state index contributed by atoms with van der Waals surface area (Å²) in [6, 6.07) is 3.51. The molecule has 3 rings (SSSR count). The van der Waals surface area contributed by atoms with Crippen LogP contribution in [0.1, 0.15) is 32.6 Å². The van der Waals surface area contributed by atoms with Gasteiger partial charge in [-0.2, -0.15) is 0 Å². The van der Waals surface area contributed by atoms with Crippen LogP contribution in [0.2, 0.25) is 0 Å². The molecule has 7 heteroatoms. The zero-order valence-electron chi connectivity index (χ0n) is 13.4. The molecule has 2 unspecified atom stereocenters. The fourth-order valence-electron chi connectivity index (χ4n) is 3.11. The molecule has 1 aliphatic carbocycles. The molecule has 0 spiro atoms. The second-order valence-corrected chi connectivity index (χ2v) is 7.25. The number of carbonyl (C=O) groups is 1. The van der Waals surface area contributed by atoms with Crippen LogP contribution in [0.25, 0.3) is 0 Å². The van der Waals surface area contributed by atoms with Crippen LogP contribution in [-0.2, 0) is 11.3 Å². The molecule has 0 aromatic carbocycles. The Balaban J connectivity index is 1.53. The molecule has 0 bridgehead atoms. The summed E-state index contributed by atoms with van der Waals surface area (Å²) in [7, 11) is 0. The normalized spacial score (nSPS) is 24.9. The number of carbonyl (C=O) groups excluding carboxylic acids is 1. The minimum absolute atomic E-state index is 0.0467. The number of aromatic nitrogens is 1. The van der Waals surface area contributed by atoms with Crippen molar-refractivity contribution in [3.63, 3.8) is 0 Å². The molecule has 6 nitrogen and oxygen atoms in total. The Bertz CT molecular complexity index is 612. The van der Waals surface area contributed by atoms with Crippen LogP contribution < -0.4 is 21.5 Å². The Morgan fingerprint density at radius 1 is 1.39 bits per heavy atom. The molecule has 3 N–H and O–H groups in total. The van der Waals surface area contributed by atoms with E-state index < -0.39 is 0 Å². The number of nitrogens with zero attached hydrogens (tertiary/aromatic N) is 1. The smallest absolute Gasteiger partial charge is 0.250 e. The molecule has 2 aliphatic rings. The minimum Gasteiger partial charge on any atom is -0.323 e. The second kappa shape index (κ2) is 7.51. The zero-order valence-corrected chi connectivity index (χ0v) is 14.2. The SMILES string of the molecule is CCn1cc(NC(=O)C2CSC(NC3CCCC3)N2)ccc1=O. The van der Waals surface area contributed by atoms with Gasteiger partial charge in [0.1, 0.15) is 5.50 Å². The van der Waals surface area contributed by atoms with Crippen molar-refractivity contribution in [1.82, 2.24) is 15.2 Å². The van der Waals surface area contributed by atoms with Gasteiger partial charge in [0.05, 0.1) is 11.7 Å². The first-order valence-electron chi connectivity index (χ1n) is 8.31. The average molecular weight is 336 g/mol.